The molecule has 1 aliphatic rings. The Morgan fingerprint density at radius 3 is 2.41 bits per heavy atom. The molecular formula is C20H25N3O4. The second-order valence-electron chi connectivity index (χ2n) is 6.85. The second kappa shape index (κ2) is 8.24. The highest BCUT2D eigenvalue weighted by molar-refractivity contribution is 5.76. The summed E-state index contributed by atoms with van der Waals surface area (Å²) in [6.45, 7) is 3.59. The second-order valence-corrected chi connectivity index (χ2v) is 6.85. The van der Waals surface area contributed by atoms with Gasteiger partial charge in [-0.3, -0.25) is 9.59 Å². The normalized spacial score (nSPS) is 14.9. The monoisotopic (exact) mass is 371 g/mol. The zero-order chi connectivity index (χ0) is 19.4. The van der Waals surface area contributed by atoms with Crippen LogP contribution < -0.4 is 15.0 Å². The van der Waals surface area contributed by atoms with Crippen molar-refractivity contribution in [2.45, 2.75) is 26.3 Å². The maximum atomic E-state index is 12.6. The van der Waals surface area contributed by atoms with Crippen molar-refractivity contribution >= 4 is 5.91 Å². The number of rotatable bonds is 5. The molecule has 1 aromatic carbocycles. The van der Waals surface area contributed by atoms with E-state index in [1.165, 1.54) is 17.9 Å². The van der Waals surface area contributed by atoms with E-state index >= 15 is 0 Å². The van der Waals surface area contributed by atoms with Gasteiger partial charge >= 0.3 is 0 Å². The van der Waals surface area contributed by atoms with Gasteiger partial charge in [-0.2, -0.15) is 5.10 Å². The van der Waals surface area contributed by atoms with Crippen molar-refractivity contribution in [1.82, 2.24) is 14.7 Å². The van der Waals surface area contributed by atoms with Crippen molar-refractivity contribution in [2.24, 2.45) is 5.92 Å². The SMILES string of the molecule is COc1ccc(-c2nn(CC(=O)N3CCC(C)CC3)c(=O)cc2OC)cc1. The molecule has 1 fully saturated rings. The maximum absolute atomic E-state index is 12.6. The number of nitrogens with zero attached hydrogens (tertiary/aromatic N) is 3. The highest BCUT2D eigenvalue weighted by Crippen LogP contribution is 2.27. The van der Waals surface area contributed by atoms with Crippen LogP contribution in [-0.2, 0) is 11.3 Å². The molecule has 0 radical (unpaired) electrons. The number of benzene rings is 1. The zero-order valence-electron chi connectivity index (χ0n) is 16.0. The summed E-state index contributed by atoms with van der Waals surface area (Å²) in [5, 5.41) is 4.41. The van der Waals surface area contributed by atoms with Gasteiger partial charge in [-0.15, -0.1) is 0 Å². The number of hydrogen-bond acceptors (Lipinski definition) is 5. The Morgan fingerprint density at radius 2 is 1.81 bits per heavy atom. The van der Waals surface area contributed by atoms with E-state index in [4.69, 9.17) is 9.47 Å². The van der Waals surface area contributed by atoms with Gasteiger partial charge in [0.25, 0.3) is 5.56 Å². The molecule has 2 heterocycles. The summed E-state index contributed by atoms with van der Waals surface area (Å²) < 4.78 is 11.7. The number of carbonyl (C=O) groups is 1. The summed E-state index contributed by atoms with van der Waals surface area (Å²) in [6, 6.07) is 8.68. The minimum atomic E-state index is -0.358. The first-order valence-corrected chi connectivity index (χ1v) is 9.10. The molecular weight excluding hydrogens is 346 g/mol. The van der Waals surface area contributed by atoms with Gasteiger partial charge in [0.05, 0.1) is 14.2 Å². The molecule has 3 rings (SSSR count). The van der Waals surface area contributed by atoms with E-state index in [1.807, 2.05) is 29.2 Å². The lowest BCUT2D eigenvalue weighted by molar-refractivity contribution is -0.133. The summed E-state index contributed by atoms with van der Waals surface area (Å²) in [5.74, 6) is 1.65. The Hall–Kier alpha value is -2.83. The molecule has 27 heavy (non-hydrogen) atoms. The average Bonchev–Trinajstić information content (AvgIpc) is 2.69. The van der Waals surface area contributed by atoms with E-state index in [2.05, 4.69) is 12.0 Å². The third-order valence-corrected chi connectivity index (χ3v) is 4.97. The van der Waals surface area contributed by atoms with Crippen molar-refractivity contribution in [3.63, 3.8) is 0 Å². The third kappa shape index (κ3) is 4.30. The summed E-state index contributed by atoms with van der Waals surface area (Å²) in [6.07, 6.45) is 1.99. The first-order chi connectivity index (χ1) is 13.0. The minimum absolute atomic E-state index is 0.0691. The van der Waals surface area contributed by atoms with E-state index in [1.54, 1.807) is 7.11 Å². The lowest BCUT2D eigenvalue weighted by Crippen LogP contribution is -2.41. The standard InChI is InChI=1S/C20H25N3O4/c1-14-8-10-22(11-9-14)19(25)13-23-18(24)12-17(27-3)20(21-23)15-4-6-16(26-2)7-5-15/h4-7,12,14H,8-11,13H2,1-3H3. The fourth-order valence-electron chi connectivity index (χ4n) is 3.18. The van der Waals surface area contributed by atoms with E-state index in [-0.39, 0.29) is 18.0 Å². The van der Waals surface area contributed by atoms with Gasteiger partial charge in [-0.25, -0.2) is 4.68 Å². The van der Waals surface area contributed by atoms with Crippen molar-refractivity contribution in [3.8, 4) is 22.8 Å². The highest BCUT2D eigenvalue weighted by atomic mass is 16.5. The Kier molecular flexibility index (Phi) is 5.78. The number of methoxy groups -OCH3 is 2. The van der Waals surface area contributed by atoms with Gasteiger partial charge < -0.3 is 14.4 Å². The number of likely N-dealkylation sites (tertiary alicyclic amines) is 1. The van der Waals surface area contributed by atoms with E-state index in [9.17, 15) is 9.59 Å². The van der Waals surface area contributed by atoms with Crippen LogP contribution in [0.4, 0.5) is 0 Å². The zero-order valence-corrected chi connectivity index (χ0v) is 16.0. The smallest absolute Gasteiger partial charge is 0.270 e. The summed E-state index contributed by atoms with van der Waals surface area (Å²) in [7, 11) is 3.09. The van der Waals surface area contributed by atoms with Crippen LogP contribution in [0.5, 0.6) is 11.5 Å². The van der Waals surface area contributed by atoms with Crippen LogP contribution in [0.3, 0.4) is 0 Å². The lowest BCUT2D eigenvalue weighted by Gasteiger charge is -2.30. The highest BCUT2D eigenvalue weighted by Gasteiger charge is 2.22. The summed E-state index contributed by atoms with van der Waals surface area (Å²) >= 11 is 0. The van der Waals surface area contributed by atoms with Gasteiger partial charge in [0, 0.05) is 24.7 Å². The van der Waals surface area contributed by atoms with Crippen LogP contribution in [0.2, 0.25) is 0 Å². The molecule has 0 saturated carbocycles. The largest absolute Gasteiger partial charge is 0.497 e. The van der Waals surface area contributed by atoms with Crippen molar-refractivity contribution in [3.05, 3.63) is 40.7 Å². The number of aromatic nitrogens is 2. The molecule has 0 aliphatic carbocycles. The number of piperidine rings is 1. The molecule has 0 bridgehead atoms. The van der Waals surface area contributed by atoms with Crippen LogP contribution in [0.1, 0.15) is 19.8 Å². The van der Waals surface area contributed by atoms with Gasteiger partial charge in [-0.1, -0.05) is 6.92 Å². The molecule has 1 aliphatic heterocycles. The molecule has 0 unspecified atom stereocenters. The van der Waals surface area contributed by atoms with E-state index < -0.39 is 0 Å². The predicted octanol–water partition coefficient (Wildman–Crippen LogP) is 2.19. The van der Waals surface area contributed by atoms with E-state index in [0.717, 1.165) is 37.2 Å². The molecule has 0 atom stereocenters. The van der Waals surface area contributed by atoms with Crippen LogP contribution >= 0.6 is 0 Å². The first-order valence-electron chi connectivity index (χ1n) is 9.10. The number of ether oxygens (including phenoxy) is 2. The molecule has 1 amide bonds. The van der Waals surface area contributed by atoms with Gasteiger partial charge in [-0.05, 0) is 43.0 Å². The summed E-state index contributed by atoms with van der Waals surface area (Å²) in [4.78, 5) is 26.8. The third-order valence-electron chi connectivity index (χ3n) is 4.97. The van der Waals surface area contributed by atoms with Crippen LogP contribution in [0, 0.1) is 5.92 Å². The minimum Gasteiger partial charge on any atom is -0.497 e. The molecule has 1 aromatic heterocycles. The molecule has 7 nitrogen and oxygen atoms in total. The van der Waals surface area contributed by atoms with Crippen molar-refractivity contribution in [2.75, 3.05) is 27.3 Å². The molecule has 1 saturated heterocycles. The Balaban J connectivity index is 1.87. The number of carbonyl (C=O) groups excluding carboxylic acids is 1. The van der Waals surface area contributed by atoms with Gasteiger partial charge in [0.1, 0.15) is 18.0 Å². The van der Waals surface area contributed by atoms with Gasteiger partial charge in [0.2, 0.25) is 5.91 Å². The lowest BCUT2D eigenvalue weighted by atomic mass is 9.99. The number of hydrogen-bond donors (Lipinski definition) is 0. The average molecular weight is 371 g/mol. The molecule has 144 valence electrons. The number of amides is 1. The van der Waals surface area contributed by atoms with Crippen LogP contribution in [0.15, 0.2) is 35.1 Å². The first kappa shape index (κ1) is 18.9. The maximum Gasteiger partial charge on any atom is 0.270 e. The Bertz CT molecular complexity index is 853. The fourth-order valence-corrected chi connectivity index (χ4v) is 3.18. The predicted molar refractivity (Wildman–Crippen MR) is 102 cm³/mol. The van der Waals surface area contributed by atoms with Crippen LogP contribution in [-0.4, -0.2) is 47.9 Å². The van der Waals surface area contributed by atoms with Crippen molar-refractivity contribution in [1.29, 1.82) is 0 Å². The Morgan fingerprint density at radius 1 is 1.15 bits per heavy atom. The van der Waals surface area contributed by atoms with E-state index in [0.29, 0.717) is 17.4 Å². The fraction of sp³-hybridized carbons (Fsp3) is 0.450. The summed E-state index contributed by atoms with van der Waals surface area (Å²) in [5.41, 5.74) is 0.934. The molecule has 0 N–H and O–H groups in total. The molecule has 0 spiro atoms. The van der Waals surface area contributed by atoms with Crippen molar-refractivity contribution < 1.29 is 14.3 Å². The topological polar surface area (TPSA) is 73.7 Å². The quantitative estimate of drug-likeness (QED) is 0.805. The van der Waals surface area contributed by atoms with Gasteiger partial charge in [0.15, 0.2) is 5.75 Å². The molecule has 7 heteroatoms. The van der Waals surface area contributed by atoms with Crippen LogP contribution in [0.25, 0.3) is 11.3 Å². The Labute approximate surface area is 158 Å². The molecule has 2 aromatic rings.